The van der Waals surface area contributed by atoms with Gasteiger partial charge in [0.25, 0.3) is 0 Å². The van der Waals surface area contributed by atoms with Gasteiger partial charge in [0.15, 0.2) is 17.2 Å². The van der Waals surface area contributed by atoms with Crippen molar-refractivity contribution < 1.29 is 19.0 Å². The first-order chi connectivity index (χ1) is 9.21. The third-order valence-electron chi connectivity index (χ3n) is 2.74. The summed E-state index contributed by atoms with van der Waals surface area (Å²) in [6, 6.07) is 5.34. The minimum absolute atomic E-state index is 0.278. The van der Waals surface area contributed by atoms with Crippen LogP contribution in [0.5, 0.6) is 11.5 Å². The summed E-state index contributed by atoms with van der Waals surface area (Å²) in [5, 5.41) is 1.52. The highest BCUT2D eigenvalue weighted by Gasteiger charge is 2.15. The Morgan fingerprint density at radius 1 is 1.21 bits per heavy atom. The second-order valence-electron chi connectivity index (χ2n) is 3.81. The average Bonchev–Trinajstić information content (AvgIpc) is 2.45. The lowest BCUT2D eigenvalue weighted by atomic mass is 10.1. The number of ether oxygens (including phenoxy) is 3. The molecule has 0 atom stereocenters. The number of benzene rings is 1. The first kappa shape index (κ1) is 13.1. The fraction of sp³-hybridized carbons (Fsp3) is 0.286. The van der Waals surface area contributed by atoms with Gasteiger partial charge in [0.2, 0.25) is 0 Å². The Hall–Kier alpha value is -2.30. The number of methoxy groups -OCH3 is 2. The van der Waals surface area contributed by atoms with Crippen LogP contribution >= 0.6 is 0 Å². The average molecular weight is 261 g/mol. The zero-order valence-corrected chi connectivity index (χ0v) is 11.1. The zero-order chi connectivity index (χ0) is 13.8. The zero-order valence-electron chi connectivity index (χ0n) is 11.1. The SMILES string of the molecule is CCOC(=O)c1nccc2cc(OC)c(OC)cc12. The van der Waals surface area contributed by atoms with Crippen molar-refractivity contribution >= 4 is 16.7 Å². The van der Waals surface area contributed by atoms with Crippen molar-refractivity contribution in [2.75, 3.05) is 20.8 Å². The Labute approximate surface area is 111 Å². The third-order valence-corrected chi connectivity index (χ3v) is 2.74. The van der Waals surface area contributed by atoms with E-state index in [0.717, 1.165) is 5.39 Å². The molecule has 5 nitrogen and oxygen atoms in total. The highest BCUT2D eigenvalue weighted by Crippen LogP contribution is 2.33. The number of carbonyl (C=O) groups is 1. The number of nitrogens with zero attached hydrogens (tertiary/aromatic N) is 1. The van der Waals surface area contributed by atoms with Crippen molar-refractivity contribution in [1.82, 2.24) is 4.98 Å². The summed E-state index contributed by atoms with van der Waals surface area (Å²) in [5.41, 5.74) is 0.278. The number of fused-ring (bicyclic) bond motifs is 1. The number of pyridine rings is 1. The van der Waals surface area contributed by atoms with Crippen molar-refractivity contribution in [3.63, 3.8) is 0 Å². The molecule has 0 saturated heterocycles. The summed E-state index contributed by atoms with van der Waals surface area (Å²) in [4.78, 5) is 15.9. The molecule has 19 heavy (non-hydrogen) atoms. The van der Waals surface area contributed by atoms with Crippen LogP contribution in [0.2, 0.25) is 0 Å². The minimum atomic E-state index is -0.444. The number of rotatable bonds is 4. The summed E-state index contributed by atoms with van der Waals surface area (Å²) in [6.07, 6.45) is 1.57. The van der Waals surface area contributed by atoms with E-state index in [9.17, 15) is 4.79 Å². The number of carbonyl (C=O) groups excluding carboxylic acids is 1. The molecule has 0 aliphatic carbocycles. The van der Waals surface area contributed by atoms with Crippen LogP contribution in [0.4, 0.5) is 0 Å². The summed E-state index contributed by atoms with van der Waals surface area (Å²) >= 11 is 0. The summed E-state index contributed by atoms with van der Waals surface area (Å²) in [6.45, 7) is 2.07. The maximum Gasteiger partial charge on any atom is 0.357 e. The van der Waals surface area contributed by atoms with Crippen molar-refractivity contribution in [3.8, 4) is 11.5 Å². The van der Waals surface area contributed by atoms with Crippen LogP contribution in [-0.4, -0.2) is 31.8 Å². The van der Waals surface area contributed by atoms with Gasteiger partial charge in [-0.25, -0.2) is 9.78 Å². The Bertz CT molecular complexity index is 610. The fourth-order valence-corrected chi connectivity index (χ4v) is 1.86. The van der Waals surface area contributed by atoms with Gasteiger partial charge in [0, 0.05) is 11.6 Å². The van der Waals surface area contributed by atoms with E-state index in [1.54, 1.807) is 45.5 Å². The quantitative estimate of drug-likeness (QED) is 0.791. The van der Waals surface area contributed by atoms with Gasteiger partial charge in [-0.3, -0.25) is 0 Å². The third kappa shape index (κ3) is 2.45. The molecular weight excluding hydrogens is 246 g/mol. The highest BCUT2D eigenvalue weighted by molar-refractivity contribution is 6.03. The lowest BCUT2D eigenvalue weighted by Gasteiger charge is -2.10. The van der Waals surface area contributed by atoms with Crippen LogP contribution in [0.1, 0.15) is 17.4 Å². The molecule has 0 saturated carbocycles. The van der Waals surface area contributed by atoms with Gasteiger partial charge in [-0.15, -0.1) is 0 Å². The van der Waals surface area contributed by atoms with E-state index in [1.807, 2.05) is 0 Å². The molecule has 0 fully saturated rings. The topological polar surface area (TPSA) is 57.7 Å². The summed E-state index contributed by atoms with van der Waals surface area (Å²) in [7, 11) is 3.11. The molecule has 0 aliphatic heterocycles. The molecule has 0 bridgehead atoms. The molecule has 0 spiro atoms. The van der Waals surface area contributed by atoms with E-state index in [-0.39, 0.29) is 5.69 Å². The lowest BCUT2D eigenvalue weighted by molar-refractivity contribution is 0.0522. The van der Waals surface area contributed by atoms with E-state index in [4.69, 9.17) is 14.2 Å². The van der Waals surface area contributed by atoms with E-state index in [2.05, 4.69) is 4.98 Å². The van der Waals surface area contributed by atoms with E-state index < -0.39 is 5.97 Å². The van der Waals surface area contributed by atoms with E-state index in [0.29, 0.717) is 23.5 Å². The molecule has 1 aromatic heterocycles. The first-order valence-corrected chi connectivity index (χ1v) is 5.89. The molecule has 0 aliphatic rings. The van der Waals surface area contributed by atoms with E-state index in [1.165, 1.54) is 0 Å². The van der Waals surface area contributed by atoms with Crippen molar-refractivity contribution in [2.24, 2.45) is 0 Å². The maximum absolute atomic E-state index is 11.9. The van der Waals surface area contributed by atoms with Crippen LogP contribution in [0.3, 0.4) is 0 Å². The Morgan fingerprint density at radius 2 is 1.89 bits per heavy atom. The predicted molar refractivity (Wildman–Crippen MR) is 70.8 cm³/mol. The van der Waals surface area contributed by atoms with Gasteiger partial charge in [-0.05, 0) is 30.5 Å². The second-order valence-corrected chi connectivity index (χ2v) is 3.81. The highest BCUT2D eigenvalue weighted by atomic mass is 16.5. The molecule has 2 aromatic rings. The van der Waals surface area contributed by atoms with Gasteiger partial charge in [0.1, 0.15) is 0 Å². The van der Waals surface area contributed by atoms with Gasteiger partial charge >= 0.3 is 5.97 Å². The molecule has 1 aromatic carbocycles. The van der Waals surface area contributed by atoms with Crippen LogP contribution in [0.15, 0.2) is 24.4 Å². The smallest absolute Gasteiger partial charge is 0.357 e. The van der Waals surface area contributed by atoms with Crippen LogP contribution in [0, 0.1) is 0 Å². The van der Waals surface area contributed by atoms with Crippen LogP contribution < -0.4 is 9.47 Å². The molecule has 0 N–H and O–H groups in total. The second kappa shape index (κ2) is 5.56. The minimum Gasteiger partial charge on any atom is -0.493 e. The van der Waals surface area contributed by atoms with Gasteiger partial charge in [-0.1, -0.05) is 0 Å². The normalized spacial score (nSPS) is 10.3. The molecule has 100 valence electrons. The summed E-state index contributed by atoms with van der Waals surface area (Å²) < 4.78 is 15.5. The number of hydrogen-bond acceptors (Lipinski definition) is 5. The van der Waals surface area contributed by atoms with Crippen molar-refractivity contribution in [2.45, 2.75) is 6.92 Å². The predicted octanol–water partition coefficient (Wildman–Crippen LogP) is 2.43. The number of hydrogen-bond donors (Lipinski definition) is 0. The van der Waals surface area contributed by atoms with Crippen molar-refractivity contribution in [1.29, 1.82) is 0 Å². The maximum atomic E-state index is 11.9. The Kier molecular flexibility index (Phi) is 3.85. The monoisotopic (exact) mass is 261 g/mol. The molecule has 5 heteroatoms. The Balaban J connectivity index is 2.64. The van der Waals surface area contributed by atoms with Gasteiger partial charge < -0.3 is 14.2 Å². The Morgan fingerprint density at radius 3 is 2.53 bits per heavy atom. The standard InChI is InChI=1S/C14H15NO4/c1-4-19-14(16)13-10-8-12(18-3)11(17-2)7-9(10)5-6-15-13/h5-8H,4H2,1-3H3. The fourth-order valence-electron chi connectivity index (χ4n) is 1.86. The van der Waals surface area contributed by atoms with E-state index >= 15 is 0 Å². The largest absolute Gasteiger partial charge is 0.493 e. The molecule has 0 unspecified atom stereocenters. The van der Waals surface area contributed by atoms with Crippen molar-refractivity contribution in [3.05, 3.63) is 30.1 Å². The summed E-state index contributed by atoms with van der Waals surface area (Å²) in [5.74, 6) is 0.713. The van der Waals surface area contributed by atoms with Gasteiger partial charge in [0.05, 0.1) is 20.8 Å². The molecule has 2 rings (SSSR count). The molecule has 1 heterocycles. The lowest BCUT2D eigenvalue weighted by Crippen LogP contribution is -2.07. The van der Waals surface area contributed by atoms with Gasteiger partial charge in [-0.2, -0.15) is 0 Å². The molecule has 0 radical (unpaired) electrons. The first-order valence-electron chi connectivity index (χ1n) is 5.89. The van der Waals surface area contributed by atoms with Crippen LogP contribution in [-0.2, 0) is 4.74 Å². The molecular formula is C14H15NO4. The number of esters is 1. The van der Waals surface area contributed by atoms with Crippen LogP contribution in [0.25, 0.3) is 10.8 Å². The molecule has 0 amide bonds. The number of aromatic nitrogens is 1.